The highest BCUT2D eigenvalue weighted by atomic mass is 32.1. The van der Waals surface area contributed by atoms with Crippen LogP contribution in [0.5, 0.6) is 5.75 Å². The number of rotatable bonds is 4. The first-order valence-electron chi connectivity index (χ1n) is 6.04. The van der Waals surface area contributed by atoms with Crippen LogP contribution < -0.4 is 4.74 Å². The molecule has 2 aromatic carbocycles. The van der Waals surface area contributed by atoms with Gasteiger partial charge in [-0.3, -0.25) is 10.1 Å². The molecule has 0 aliphatic carbocycles. The van der Waals surface area contributed by atoms with E-state index in [1.165, 1.54) is 35.6 Å². The molecule has 7 heteroatoms. The maximum Gasteiger partial charge on any atom is 0.290 e. The van der Waals surface area contributed by atoms with Crippen molar-refractivity contribution in [3.63, 3.8) is 0 Å². The fourth-order valence-electron chi connectivity index (χ4n) is 1.83. The molecule has 3 rings (SSSR count). The first-order valence-corrected chi connectivity index (χ1v) is 6.86. The summed E-state index contributed by atoms with van der Waals surface area (Å²) in [6.07, 6.45) is -1.76. The van der Waals surface area contributed by atoms with Crippen LogP contribution >= 0.6 is 11.3 Å². The molecule has 3 aromatic rings. The number of non-ortho nitro benzene ring substituents is 1. The SMILES string of the molecule is O=[N+]([O-])c1cccc(OC(F)c2nc3ccccc3s2)c1. The first-order chi connectivity index (χ1) is 10.1. The molecule has 0 bridgehead atoms. The van der Waals surface area contributed by atoms with E-state index in [0.29, 0.717) is 5.52 Å². The summed E-state index contributed by atoms with van der Waals surface area (Å²) in [7, 11) is 0. The van der Waals surface area contributed by atoms with Crippen LogP contribution in [0.2, 0.25) is 0 Å². The molecule has 106 valence electrons. The van der Waals surface area contributed by atoms with Gasteiger partial charge in [0.15, 0.2) is 5.01 Å². The van der Waals surface area contributed by atoms with Crippen molar-refractivity contribution in [3.05, 3.63) is 63.7 Å². The van der Waals surface area contributed by atoms with Crippen LogP contribution in [0.1, 0.15) is 11.4 Å². The molecule has 0 amide bonds. The van der Waals surface area contributed by atoms with Crippen LogP contribution in [-0.2, 0) is 0 Å². The molecule has 0 aliphatic rings. The minimum absolute atomic E-state index is 0.0935. The normalized spacial score (nSPS) is 12.2. The molecule has 1 atom stereocenters. The van der Waals surface area contributed by atoms with E-state index in [1.807, 2.05) is 18.2 Å². The number of hydrogen-bond donors (Lipinski definition) is 0. The molecule has 5 nitrogen and oxygen atoms in total. The summed E-state index contributed by atoms with van der Waals surface area (Å²) >= 11 is 1.19. The van der Waals surface area contributed by atoms with Crippen molar-refractivity contribution in [2.45, 2.75) is 6.36 Å². The molecule has 0 saturated heterocycles. The van der Waals surface area contributed by atoms with E-state index in [2.05, 4.69) is 4.98 Å². The maximum absolute atomic E-state index is 14.1. The molecular weight excluding hydrogens is 295 g/mol. The zero-order valence-corrected chi connectivity index (χ0v) is 11.4. The Morgan fingerprint density at radius 1 is 1.24 bits per heavy atom. The van der Waals surface area contributed by atoms with Crippen molar-refractivity contribution < 1.29 is 14.1 Å². The van der Waals surface area contributed by atoms with Crippen LogP contribution in [0.15, 0.2) is 48.5 Å². The Hall–Kier alpha value is -2.54. The van der Waals surface area contributed by atoms with Crippen LogP contribution in [0.3, 0.4) is 0 Å². The fraction of sp³-hybridized carbons (Fsp3) is 0.0714. The third kappa shape index (κ3) is 2.82. The van der Waals surface area contributed by atoms with Crippen LogP contribution in [0.4, 0.5) is 10.1 Å². The number of nitrogens with zero attached hydrogens (tertiary/aromatic N) is 2. The van der Waals surface area contributed by atoms with Gasteiger partial charge in [0.05, 0.1) is 21.2 Å². The standard InChI is InChI=1S/C14H9FN2O3S/c15-13(14-16-11-6-1-2-7-12(11)21-14)20-10-5-3-4-9(8-10)17(18)19/h1-8,13H. The van der Waals surface area contributed by atoms with Crippen molar-refractivity contribution in [2.75, 3.05) is 0 Å². The highest BCUT2D eigenvalue weighted by Crippen LogP contribution is 2.31. The van der Waals surface area contributed by atoms with Crippen molar-refractivity contribution in [2.24, 2.45) is 0 Å². The topological polar surface area (TPSA) is 65.3 Å². The van der Waals surface area contributed by atoms with Crippen molar-refractivity contribution in [1.82, 2.24) is 4.98 Å². The molecule has 1 aromatic heterocycles. The lowest BCUT2D eigenvalue weighted by atomic mass is 10.3. The minimum Gasteiger partial charge on any atom is -0.453 e. The zero-order valence-electron chi connectivity index (χ0n) is 10.6. The number of benzene rings is 2. The van der Waals surface area contributed by atoms with E-state index in [9.17, 15) is 14.5 Å². The number of ether oxygens (including phenoxy) is 1. The van der Waals surface area contributed by atoms with E-state index in [-0.39, 0.29) is 16.4 Å². The number of nitro groups is 1. The maximum atomic E-state index is 14.1. The molecule has 1 heterocycles. The van der Waals surface area contributed by atoms with E-state index < -0.39 is 11.3 Å². The van der Waals surface area contributed by atoms with E-state index in [0.717, 1.165) is 4.70 Å². The molecule has 0 saturated carbocycles. The lowest BCUT2D eigenvalue weighted by Crippen LogP contribution is -2.01. The average Bonchev–Trinajstić information content (AvgIpc) is 2.91. The average molecular weight is 304 g/mol. The van der Waals surface area contributed by atoms with Gasteiger partial charge in [-0.1, -0.05) is 18.2 Å². The van der Waals surface area contributed by atoms with Gasteiger partial charge in [0.2, 0.25) is 0 Å². The van der Waals surface area contributed by atoms with Gasteiger partial charge in [-0.15, -0.1) is 11.3 Å². The van der Waals surface area contributed by atoms with Crippen LogP contribution in [0.25, 0.3) is 10.2 Å². The first kappa shape index (κ1) is 13.4. The molecule has 0 fully saturated rings. The monoisotopic (exact) mass is 304 g/mol. The number of fused-ring (bicyclic) bond motifs is 1. The van der Waals surface area contributed by atoms with Crippen molar-refractivity contribution in [3.8, 4) is 5.75 Å². The Balaban J connectivity index is 1.84. The highest BCUT2D eigenvalue weighted by Gasteiger charge is 2.18. The number of halogens is 1. The van der Waals surface area contributed by atoms with Gasteiger partial charge in [0.25, 0.3) is 12.0 Å². The molecule has 0 spiro atoms. The highest BCUT2D eigenvalue weighted by molar-refractivity contribution is 7.18. The number of thiazole rings is 1. The van der Waals surface area contributed by atoms with Gasteiger partial charge in [0, 0.05) is 6.07 Å². The third-order valence-electron chi connectivity index (χ3n) is 2.77. The summed E-state index contributed by atoms with van der Waals surface area (Å²) in [5.41, 5.74) is 0.548. The van der Waals surface area contributed by atoms with Crippen molar-refractivity contribution in [1.29, 1.82) is 0 Å². The Morgan fingerprint density at radius 2 is 2.05 bits per heavy atom. The second-order valence-corrected chi connectivity index (χ2v) is 5.27. The molecule has 0 aliphatic heterocycles. The quantitative estimate of drug-likeness (QED) is 0.534. The number of hydrogen-bond acceptors (Lipinski definition) is 5. The molecular formula is C14H9FN2O3S. The second kappa shape index (κ2) is 5.45. The predicted molar refractivity (Wildman–Crippen MR) is 77.2 cm³/mol. The lowest BCUT2D eigenvalue weighted by molar-refractivity contribution is -0.385. The van der Waals surface area contributed by atoms with Gasteiger partial charge in [-0.05, 0) is 18.2 Å². The summed E-state index contributed by atoms with van der Waals surface area (Å²) < 4.78 is 20.1. The van der Waals surface area contributed by atoms with E-state index in [4.69, 9.17) is 4.74 Å². The van der Waals surface area contributed by atoms with Gasteiger partial charge < -0.3 is 4.74 Å². The van der Waals surface area contributed by atoms with E-state index >= 15 is 0 Å². The number of para-hydroxylation sites is 1. The summed E-state index contributed by atoms with van der Waals surface area (Å²) in [5, 5.41) is 10.9. The minimum atomic E-state index is -1.76. The molecule has 0 radical (unpaired) electrons. The second-order valence-electron chi connectivity index (χ2n) is 4.21. The van der Waals surface area contributed by atoms with Gasteiger partial charge >= 0.3 is 0 Å². The Morgan fingerprint density at radius 3 is 2.81 bits per heavy atom. The molecule has 21 heavy (non-hydrogen) atoms. The Bertz CT molecular complexity index is 773. The Kier molecular flexibility index (Phi) is 3.49. The van der Waals surface area contributed by atoms with Gasteiger partial charge in [0.1, 0.15) is 5.75 Å². The molecule has 0 N–H and O–H groups in total. The lowest BCUT2D eigenvalue weighted by Gasteiger charge is -2.08. The third-order valence-corrected chi connectivity index (χ3v) is 3.82. The van der Waals surface area contributed by atoms with Crippen LogP contribution in [0, 0.1) is 10.1 Å². The fourth-order valence-corrected chi connectivity index (χ4v) is 2.70. The number of alkyl halides is 1. The smallest absolute Gasteiger partial charge is 0.290 e. The summed E-state index contributed by atoms with van der Waals surface area (Å²) in [5.74, 6) is 0.0935. The summed E-state index contributed by atoms with van der Waals surface area (Å²) in [6, 6.07) is 12.7. The van der Waals surface area contributed by atoms with Crippen LogP contribution in [-0.4, -0.2) is 9.91 Å². The largest absolute Gasteiger partial charge is 0.453 e. The van der Waals surface area contributed by atoms with Gasteiger partial charge in [-0.2, -0.15) is 4.39 Å². The summed E-state index contributed by atoms with van der Waals surface area (Å²) in [4.78, 5) is 14.3. The zero-order chi connectivity index (χ0) is 14.8. The van der Waals surface area contributed by atoms with Crippen molar-refractivity contribution >= 4 is 27.2 Å². The van der Waals surface area contributed by atoms with Gasteiger partial charge in [-0.25, -0.2) is 4.98 Å². The Labute approximate surface area is 122 Å². The van der Waals surface area contributed by atoms with E-state index in [1.54, 1.807) is 6.07 Å². The molecule has 1 unspecified atom stereocenters. The number of nitro benzene ring substituents is 1. The summed E-state index contributed by atoms with van der Waals surface area (Å²) in [6.45, 7) is 0. The predicted octanol–water partition coefficient (Wildman–Crippen LogP) is 4.25. The number of aromatic nitrogens is 1.